The molecule has 2 aromatic rings. The van der Waals surface area contributed by atoms with Crippen LogP contribution >= 0.6 is 0 Å². The molecule has 182 valence electrons. The molecule has 0 spiro atoms. The molecular formula is C28H30N2O5. The van der Waals surface area contributed by atoms with Crippen molar-refractivity contribution in [2.75, 3.05) is 6.61 Å². The molecule has 4 aliphatic carbocycles. The average molecular weight is 475 g/mol. The molecule has 0 aliphatic heterocycles. The standard InChI is InChI=1S/C28H30N2O5/c31-25(29-18-12-17-13-28(17,14-18)26(32)33)24(11-16-9-10-16)30-27(34)35-15-23-21-7-3-1-5-19(21)20-6-2-4-8-22(20)23/h1-8,16-18,23-24H,9-15H2,(H,29,31)(H,30,34)(H,32,33)/t17-,18+,24+,28+/m1/s1. The molecule has 3 N–H and O–H groups in total. The van der Waals surface area contributed by atoms with E-state index in [-0.39, 0.29) is 30.4 Å². The number of carboxylic acid groups (broad SMARTS) is 1. The molecule has 35 heavy (non-hydrogen) atoms. The fourth-order valence-electron chi connectivity index (χ4n) is 6.27. The van der Waals surface area contributed by atoms with Crippen LogP contribution in [0, 0.1) is 17.3 Å². The maximum Gasteiger partial charge on any atom is 0.407 e. The minimum absolute atomic E-state index is 0.0405. The number of fused-ring (bicyclic) bond motifs is 4. The fourth-order valence-corrected chi connectivity index (χ4v) is 6.27. The monoisotopic (exact) mass is 474 g/mol. The summed E-state index contributed by atoms with van der Waals surface area (Å²) < 4.78 is 5.66. The molecule has 7 nitrogen and oxygen atoms in total. The van der Waals surface area contributed by atoms with Crippen LogP contribution in [0.1, 0.15) is 55.6 Å². The van der Waals surface area contributed by atoms with Crippen LogP contribution in [0.5, 0.6) is 0 Å². The molecule has 4 aliphatic rings. The van der Waals surface area contributed by atoms with Crippen molar-refractivity contribution in [2.45, 2.75) is 56.5 Å². The highest BCUT2D eigenvalue weighted by Crippen LogP contribution is 2.63. The molecule has 0 saturated heterocycles. The lowest BCUT2D eigenvalue weighted by Gasteiger charge is -2.23. The Morgan fingerprint density at radius 1 is 1.00 bits per heavy atom. The van der Waals surface area contributed by atoms with Crippen LogP contribution in [-0.2, 0) is 14.3 Å². The highest BCUT2D eigenvalue weighted by molar-refractivity contribution is 5.86. The number of carbonyl (C=O) groups is 3. The molecule has 0 radical (unpaired) electrons. The molecule has 6 rings (SSSR count). The minimum Gasteiger partial charge on any atom is -0.481 e. The van der Waals surface area contributed by atoms with Gasteiger partial charge in [0.2, 0.25) is 5.91 Å². The van der Waals surface area contributed by atoms with Gasteiger partial charge in [-0.1, -0.05) is 61.4 Å². The first-order chi connectivity index (χ1) is 16.9. The molecule has 2 aromatic carbocycles. The number of amides is 2. The van der Waals surface area contributed by atoms with Gasteiger partial charge in [0.15, 0.2) is 0 Å². The Balaban J connectivity index is 1.08. The summed E-state index contributed by atoms with van der Waals surface area (Å²) in [5.41, 5.74) is 3.96. The summed E-state index contributed by atoms with van der Waals surface area (Å²) >= 11 is 0. The maximum atomic E-state index is 13.1. The van der Waals surface area contributed by atoms with Gasteiger partial charge in [-0.15, -0.1) is 0 Å². The second kappa shape index (κ2) is 8.40. The number of hydrogen-bond acceptors (Lipinski definition) is 4. The number of ether oxygens (including phenoxy) is 1. The Morgan fingerprint density at radius 2 is 1.66 bits per heavy atom. The smallest absolute Gasteiger partial charge is 0.407 e. The average Bonchev–Trinajstić information content (AvgIpc) is 3.74. The molecule has 0 bridgehead atoms. The summed E-state index contributed by atoms with van der Waals surface area (Å²) in [7, 11) is 0. The molecule has 7 heteroatoms. The van der Waals surface area contributed by atoms with E-state index in [1.807, 2.05) is 24.3 Å². The van der Waals surface area contributed by atoms with Gasteiger partial charge in [-0.3, -0.25) is 9.59 Å². The Hall–Kier alpha value is -3.35. The van der Waals surface area contributed by atoms with Crippen LogP contribution in [0.15, 0.2) is 48.5 Å². The van der Waals surface area contributed by atoms with Crippen molar-refractivity contribution in [3.63, 3.8) is 0 Å². The maximum absolute atomic E-state index is 13.1. The zero-order valence-corrected chi connectivity index (χ0v) is 19.5. The summed E-state index contributed by atoms with van der Waals surface area (Å²) in [5.74, 6) is -0.451. The summed E-state index contributed by atoms with van der Waals surface area (Å²) in [4.78, 5) is 37.4. The van der Waals surface area contributed by atoms with E-state index in [1.54, 1.807) is 0 Å². The van der Waals surface area contributed by atoms with E-state index >= 15 is 0 Å². The lowest BCUT2D eigenvalue weighted by Crippen LogP contribution is -2.50. The predicted molar refractivity (Wildman–Crippen MR) is 129 cm³/mol. The third-order valence-electron chi connectivity index (χ3n) is 8.40. The van der Waals surface area contributed by atoms with E-state index in [2.05, 4.69) is 34.9 Å². The second-order valence-electron chi connectivity index (χ2n) is 10.7. The number of aliphatic carboxylic acids is 1. The van der Waals surface area contributed by atoms with Crippen LogP contribution in [-0.4, -0.2) is 41.8 Å². The Kier molecular flexibility index (Phi) is 5.31. The van der Waals surface area contributed by atoms with E-state index in [1.165, 1.54) is 0 Å². The van der Waals surface area contributed by atoms with Gasteiger partial charge in [0.05, 0.1) is 5.41 Å². The normalized spacial score (nSPS) is 26.7. The van der Waals surface area contributed by atoms with Crippen LogP contribution in [0.4, 0.5) is 4.79 Å². The van der Waals surface area contributed by atoms with Crippen molar-refractivity contribution >= 4 is 18.0 Å². The van der Waals surface area contributed by atoms with Crippen molar-refractivity contribution in [1.29, 1.82) is 0 Å². The van der Waals surface area contributed by atoms with Gasteiger partial charge in [0, 0.05) is 12.0 Å². The third kappa shape index (κ3) is 4.07. The van der Waals surface area contributed by atoms with E-state index in [4.69, 9.17) is 4.74 Å². The lowest BCUT2D eigenvalue weighted by atomic mass is 9.98. The molecule has 2 amide bonds. The summed E-state index contributed by atoms with van der Waals surface area (Å²) in [6.07, 6.45) is 3.98. The molecule has 0 aromatic heterocycles. The second-order valence-corrected chi connectivity index (χ2v) is 10.7. The summed E-state index contributed by atoms with van der Waals surface area (Å²) in [6.45, 7) is 0.197. The van der Waals surface area contributed by atoms with Gasteiger partial charge < -0.3 is 20.5 Å². The Bertz CT molecular complexity index is 1150. The molecule has 4 atom stereocenters. The number of carbonyl (C=O) groups excluding carboxylic acids is 2. The first-order valence-electron chi connectivity index (χ1n) is 12.6. The van der Waals surface area contributed by atoms with E-state index in [0.29, 0.717) is 31.6 Å². The van der Waals surface area contributed by atoms with Crippen molar-refractivity contribution in [2.24, 2.45) is 17.3 Å². The third-order valence-corrected chi connectivity index (χ3v) is 8.40. The van der Waals surface area contributed by atoms with Crippen LogP contribution in [0.2, 0.25) is 0 Å². The fraction of sp³-hybridized carbons (Fsp3) is 0.464. The van der Waals surface area contributed by atoms with Crippen LogP contribution < -0.4 is 10.6 Å². The van der Waals surface area contributed by atoms with Crippen molar-refractivity contribution in [3.05, 3.63) is 59.7 Å². The van der Waals surface area contributed by atoms with Crippen molar-refractivity contribution in [3.8, 4) is 11.1 Å². The quantitative estimate of drug-likeness (QED) is 0.535. The first kappa shape index (κ1) is 22.1. The van der Waals surface area contributed by atoms with Gasteiger partial charge in [-0.2, -0.15) is 0 Å². The zero-order valence-electron chi connectivity index (χ0n) is 19.5. The van der Waals surface area contributed by atoms with E-state index < -0.39 is 23.5 Å². The summed E-state index contributed by atoms with van der Waals surface area (Å²) in [6, 6.07) is 15.5. The minimum atomic E-state index is -0.759. The van der Waals surface area contributed by atoms with E-state index in [0.717, 1.165) is 35.1 Å². The molecule has 3 saturated carbocycles. The number of nitrogens with one attached hydrogen (secondary N) is 2. The first-order valence-corrected chi connectivity index (χ1v) is 12.6. The largest absolute Gasteiger partial charge is 0.481 e. The molecular weight excluding hydrogens is 444 g/mol. The molecule has 3 fully saturated rings. The molecule has 0 unspecified atom stereocenters. The molecule has 0 heterocycles. The Labute approximate surface area is 204 Å². The number of benzene rings is 2. The van der Waals surface area contributed by atoms with Crippen LogP contribution in [0.3, 0.4) is 0 Å². The van der Waals surface area contributed by atoms with Crippen molar-refractivity contribution < 1.29 is 24.2 Å². The number of hydrogen-bond donors (Lipinski definition) is 3. The lowest BCUT2D eigenvalue weighted by molar-refractivity contribution is -0.143. The predicted octanol–water partition coefficient (Wildman–Crippen LogP) is 4.06. The van der Waals surface area contributed by atoms with Crippen LogP contribution in [0.25, 0.3) is 11.1 Å². The summed E-state index contributed by atoms with van der Waals surface area (Å²) in [5, 5.41) is 15.3. The van der Waals surface area contributed by atoms with Gasteiger partial charge in [0.1, 0.15) is 12.6 Å². The van der Waals surface area contributed by atoms with E-state index in [9.17, 15) is 19.5 Å². The number of rotatable bonds is 8. The van der Waals surface area contributed by atoms with Gasteiger partial charge in [-0.05, 0) is 59.8 Å². The van der Waals surface area contributed by atoms with Crippen molar-refractivity contribution in [1.82, 2.24) is 10.6 Å². The van der Waals surface area contributed by atoms with Gasteiger partial charge >= 0.3 is 12.1 Å². The Morgan fingerprint density at radius 3 is 2.26 bits per heavy atom. The number of carboxylic acids is 1. The van der Waals surface area contributed by atoms with Gasteiger partial charge in [-0.25, -0.2) is 4.79 Å². The topological polar surface area (TPSA) is 105 Å². The number of alkyl carbamates (subject to hydrolysis) is 1. The highest BCUT2D eigenvalue weighted by atomic mass is 16.5. The SMILES string of the molecule is O=C(N[C@@H](CC1CC1)C(=O)N[C@H]1C[C@@H]2C[C@]2(C(=O)O)C1)OCC1c2ccccc2-c2ccccc21. The zero-order chi connectivity index (χ0) is 24.2. The highest BCUT2D eigenvalue weighted by Gasteiger charge is 2.65. The van der Waals surface area contributed by atoms with Gasteiger partial charge in [0.25, 0.3) is 0 Å².